The summed E-state index contributed by atoms with van der Waals surface area (Å²) in [6.07, 6.45) is -1.56. The molecule has 3 aliphatic rings. The van der Waals surface area contributed by atoms with Gasteiger partial charge in [0.25, 0.3) is 35.4 Å². The molecule has 5 aromatic carbocycles. The second-order valence-corrected chi connectivity index (χ2v) is 26.3. The summed E-state index contributed by atoms with van der Waals surface area (Å²) >= 11 is 0. The van der Waals surface area contributed by atoms with Gasteiger partial charge in [-0.25, -0.2) is 18.2 Å². The van der Waals surface area contributed by atoms with Crippen molar-refractivity contribution in [3.8, 4) is 70.2 Å². The van der Waals surface area contributed by atoms with E-state index in [4.69, 9.17) is 45.6 Å². The molecule has 3 fully saturated rings. The zero-order valence-electron chi connectivity index (χ0n) is 57.9. The first-order valence-electron chi connectivity index (χ1n) is 32.0. The first-order valence-corrected chi connectivity index (χ1v) is 32.0. The Morgan fingerprint density at radius 3 is 1.19 bits per heavy atom. The molecule has 0 saturated carbocycles. The summed E-state index contributed by atoms with van der Waals surface area (Å²) in [7, 11) is 8.22. The van der Waals surface area contributed by atoms with Crippen molar-refractivity contribution >= 4 is 67.8 Å². The van der Waals surface area contributed by atoms with Crippen molar-refractivity contribution in [1.82, 2.24) is 25.8 Å². The highest BCUT2D eigenvalue weighted by Gasteiger charge is 2.44. The largest absolute Gasteiger partial charge is 0.496 e. The molecule has 0 radical (unpaired) electrons. The number of methoxy groups -OCH3 is 3. The minimum atomic E-state index is -1.55. The number of fused-ring (bicyclic) bond motifs is 3. The molecule has 0 aliphatic carbocycles. The lowest BCUT2D eigenvalue weighted by Crippen LogP contribution is -2.36. The maximum atomic E-state index is 14.2. The molecule has 3 saturated heterocycles. The number of alkyl halides is 3. The van der Waals surface area contributed by atoms with Gasteiger partial charge in [-0.3, -0.25) is 33.7 Å². The van der Waals surface area contributed by atoms with Crippen LogP contribution in [0.3, 0.4) is 0 Å². The van der Waals surface area contributed by atoms with Crippen molar-refractivity contribution in [2.24, 2.45) is 40.4 Å². The van der Waals surface area contributed by atoms with E-state index in [2.05, 4.69) is 56.5 Å². The fourth-order valence-corrected chi connectivity index (χ4v) is 11.3. The number of carbonyl (C=O) groups excluding carboxylic acids is 6. The third-order valence-corrected chi connectivity index (χ3v) is 17.3. The van der Waals surface area contributed by atoms with Gasteiger partial charge in [0, 0.05) is 72.8 Å². The van der Waals surface area contributed by atoms with Crippen molar-refractivity contribution in [3.63, 3.8) is 0 Å². The van der Waals surface area contributed by atoms with Crippen molar-refractivity contribution < 1.29 is 75.5 Å². The number of rotatable bonds is 19. The lowest BCUT2D eigenvalue weighted by atomic mass is 9.96. The number of primary amides is 3. The molecule has 1 aromatic heterocycles. The molecule has 6 amide bonds. The first kappa shape index (κ1) is 75.4. The van der Waals surface area contributed by atoms with Gasteiger partial charge >= 0.3 is 0 Å². The Labute approximate surface area is 569 Å². The van der Waals surface area contributed by atoms with E-state index >= 15 is 0 Å². The minimum absolute atomic E-state index is 0.0552. The molecule has 0 unspecified atom stereocenters. The number of hydrogen-bond acceptors (Lipinski definition) is 15. The highest BCUT2D eigenvalue weighted by Crippen LogP contribution is 2.39. The van der Waals surface area contributed by atoms with E-state index in [9.17, 15) is 47.0 Å². The summed E-state index contributed by atoms with van der Waals surface area (Å²) in [4.78, 5) is 77.6. The Balaban J connectivity index is 0.000000207. The van der Waals surface area contributed by atoms with Gasteiger partial charge in [-0.1, -0.05) is 56.3 Å². The second kappa shape index (κ2) is 31.5. The van der Waals surface area contributed by atoms with Crippen molar-refractivity contribution in [3.05, 3.63) is 100 Å². The number of aliphatic hydroxyl groups is 1. The highest BCUT2D eigenvalue weighted by molar-refractivity contribution is 6.06. The topological polar surface area (TPSA) is 308 Å². The van der Waals surface area contributed by atoms with Crippen LogP contribution in [0, 0.1) is 58.7 Å². The van der Waals surface area contributed by atoms with Gasteiger partial charge in [0.15, 0.2) is 18.5 Å². The van der Waals surface area contributed by atoms with Crippen LogP contribution >= 0.6 is 0 Å². The number of pyridine rings is 1. The molecular weight excluding hydrogens is 1270 g/mol. The molecule has 24 heteroatoms. The highest BCUT2D eigenvalue weighted by atomic mass is 19.1. The van der Waals surface area contributed by atoms with Crippen LogP contribution in [0.2, 0.25) is 0 Å². The number of nitrogens with zero attached hydrogens (tertiary/aromatic N) is 2. The molecule has 6 aromatic rings. The van der Waals surface area contributed by atoms with Crippen LogP contribution in [0.5, 0.6) is 34.6 Å². The Morgan fingerprint density at radius 1 is 0.510 bits per heavy atom. The molecule has 9 rings (SSSR count). The SMILES string of the molecule is CC[C@@H]1[C@H](F)C(=O)N[C@@H]1COc1ccc(C#CC(C)(C)N(C)C)c2cc(C(N)=O)c(OC)cc12.CC[C@@H]1[C@H](F)C(=O)N[C@@H]1COc1ccc(C#CC(C)(C)O)c2cc(C(N)=O)c(OC)cc12.CC[C@@H]1[C@H](F)C(=O)N[C@@H]1COc1ncc(C#CC(C)(C)C)c2cc(C(N)=O)c(OC)cc12. The van der Waals surface area contributed by atoms with Crippen LogP contribution in [-0.4, -0.2) is 153 Å². The normalized spacial score (nSPS) is 20.3. The quantitative estimate of drug-likeness (QED) is 0.0376. The zero-order chi connectivity index (χ0) is 72.5. The number of ether oxygens (including phenoxy) is 6. The number of halogens is 3. The maximum Gasteiger partial charge on any atom is 0.255 e. The van der Waals surface area contributed by atoms with Gasteiger partial charge in [-0.2, -0.15) is 0 Å². The Bertz CT molecular complexity index is 4070. The molecule has 98 heavy (non-hydrogen) atoms. The Kier molecular flexibility index (Phi) is 24.2. The summed E-state index contributed by atoms with van der Waals surface area (Å²) in [5, 5.41) is 21.7. The predicted octanol–water partition coefficient (Wildman–Crippen LogP) is 8.17. The minimum Gasteiger partial charge on any atom is -0.496 e. The third kappa shape index (κ3) is 17.6. The van der Waals surface area contributed by atoms with Crippen molar-refractivity contribution in [1.29, 1.82) is 0 Å². The second-order valence-electron chi connectivity index (χ2n) is 26.3. The molecule has 3 aliphatic heterocycles. The fraction of sp³-hybridized carbons (Fsp3) is 0.446. The van der Waals surface area contributed by atoms with Gasteiger partial charge in [0.2, 0.25) is 5.88 Å². The smallest absolute Gasteiger partial charge is 0.255 e. The van der Waals surface area contributed by atoms with Gasteiger partial charge in [-0.05, 0) is 142 Å². The summed E-state index contributed by atoms with van der Waals surface area (Å²) < 4.78 is 76.4. The summed E-state index contributed by atoms with van der Waals surface area (Å²) in [5.74, 6) is 15.4. The molecule has 522 valence electrons. The standard InChI is InChI=1S/C26H32FN3O4.C24H28FN3O4.C24H27FN2O5/c1-7-16-20(29-25(32)23(16)27)14-34-21-9-8-15(10-11-26(2,3)30(4)5)17-12-19(24(28)31)22(33-6)13-18(17)21;1-6-14-18(28-22(30)20(14)25)12-32-23-16-10-19(31-5)17(21(26)29)9-15(16)13(11-27-23)7-8-24(2,3)4;1-5-14-18(27-23(29)21(14)25)12-32-19-7-6-13(8-9-24(2,3)30)15-10-17(22(26)28)20(31-4)11-16(15)19/h8-9,12-13,16,20,23H,7,14H2,1-6H3,(H2,28,31)(H,29,32);9-11,14,18,20H,6,12H2,1-5H3,(H2,26,29)(H,28,30);6-7,10-11,14,18,21,30H,5,12H2,1-4H3,(H2,26,28)(H,27,29)/t16-,20+,23-;14-,18+,20-;14-,18+,21-/m000/s1. The summed E-state index contributed by atoms with van der Waals surface area (Å²) in [6.45, 7) is 18.9. The lowest BCUT2D eigenvalue weighted by molar-refractivity contribution is -0.124. The molecule has 4 heterocycles. The van der Waals surface area contributed by atoms with Gasteiger partial charge in [0.05, 0.1) is 67.2 Å². The van der Waals surface area contributed by atoms with E-state index in [0.717, 1.165) is 0 Å². The first-order chi connectivity index (χ1) is 46.1. The number of nitrogens with two attached hydrogens (primary N) is 3. The average molecular weight is 1350 g/mol. The van der Waals surface area contributed by atoms with E-state index in [1.165, 1.54) is 21.3 Å². The number of benzene rings is 5. The van der Waals surface area contributed by atoms with Crippen LogP contribution in [0.1, 0.15) is 136 Å². The number of amides is 6. The number of aromatic nitrogens is 1. The number of nitrogens with one attached hydrogen (secondary N) is 3. The molecular formula is C74H87F3N8O13. The fourth-order valence-electron chi connectivity index (χ4n) is 11.3. The molecule has 0 spiro atoms. The molecule has 0 bridgehead atoms. The van der Waals surface area contributed by atoms with Crippen molar-refractivity contribution in [2.75, 3.05) is 55.2 Å². The van der Waals surface area contributed by atoms with Gasteiger partial charge in [-0.15, -0.1) is 0 Å². The predicted molar refractivity (Wildman–Crippen MR) is 367 cm³/mol. The van der Waals surface area contributed by atoms with E-state index in [1.807, 2.05) is 80.5 Å². The number of hydrogen-bond donors (Lipinski definition) is 7. The monoisotopic (exact) mass is 1350 g/mol. The zero-order valence-corrected chi connectivity index (χ0v) is 57.9. The summed E-state index contributed by atoms with van der Waals surface area (Å²) in [5.41, 5.74) is 17.3. The van der Waals surface area contributed by atoms with E-state index in [0.29, 0.717) is 85.5 Å². The van der Waals surface area contributed by atoms with E-state index < -0.39 is 95.4 Å². The van der Waals surface area contributed by atoms with Crippen LogP contribution in [-0.2, 0) is 14.4 Å². The van der Waals surface area contributed by atoms with Gasteiger partial charge in [0.1, 0.15) is 54.2 Å². The molecule has 21 nitrogen and oxygen atoms in total. The van der Waals surface area contributed by atoms with Crippen LogP contribution in [0.15, 0.2) is 66.9 Å². The van der Waals surface area contributed by atoms with Crippen LogP contribution in [0.25, 0.3) is 32.3 Å². The Hall–Kier alpha value is -9.96. The van der Waals surface area contributed by atoms with Crippen LogP contribution < -0.4 is 61.6 Å². The Morgan fingerprint density at radius 2 is 0.857 bits per heavy atom. The van der Waals surface area contributed by atoms with E-state index in [1.54, 1.807) is 74.6 Å². The third-order valence-electron chi connectivity index (χ3n) is 17.3. The summed E-state index contributed by atoms with van der Waals surface area (Å²) in [6, 6.07) is 15.4. The number of carbonyl (C=O) groups is 6. The van der Waals surface area contributed by atoms with E-state index in [-0.39, 0.29) is 64.8 Å². The van der Waals surface area contributed by atoms with Gasteiger partial charge < -0.3 is 66.7 Å². The average Bonchev–Trinajstić information content (AvgIpc) is 1.08. The lowest BCUT2D eigenvalue weighted by Gasteiger charge is -2.26. The van der Waals surface area contributed by atoms with Crippen LogP contribution in [0.4, 0.5) is 13.2 Å². The van der Waals surface area contributed by atoms with Crippen molar-refractivity contribution in [2.45, 2.75) is 136 Å². The molecule has 9 atom stereocenters. The molecule has 10 N–H and O–H groups in total. The maximum absolute atomic E-state index is 14.2.